The van der Waals surface area contributed by atoms with Crippen molar-refractivity contribution in [2.75, 3.05) is 13.1 Å². The minimum Gasteiger partial charge on any atom is -0.316 e. The van der Waals surface area contributed by atoms with E-state index in [2.05, 4.69) is 12.2 Å². The van der Waals surface area contributed by atoms with E-state index >= 15 is 0 Å². The Kier molecular flexibility index (Phi) is 4.69. The average molecular weight is 223 g/mol. The van der Waals surface area contributed by atoms with E-state index < -0.39 is 0 Å². The van der Waals surface area contributed by atoms with Crippen molar-refractivity contribution in [2.24, 2.45) is 11.3 Å². The van der Waals surface area contributed by atoms with Gasteiger partial charge in [0.2, 0.25) is 0 Å². The Balaban J connectivity index is 1.54. The van der Waals surface area contributed by atoms with Gasteiger partial charge in [0, 0.05) is 6.54 Å². The molecule has 0 aliphatic heterocycles. The summed E-state index contributed by atoms with van der Waals surface area (Å²) in [4.78, 5) is 0. The maximum atomic E-state index is 3.72. The molecule has 94 valence electrons. The third-order valence-corrected chi connectivity index (χ3v) is 4.82. The van der Waals surface area contributed by atoms with Gasteiger partial charge in [-0.1, -0.05) is 51.9 Å². The highest BCUT2D eigenvalue weighted by Crippen LogP contribution is 2.36. The molecule has 0 aromatic heterocycles. The summed E-state index contributed by atoms with van der Waals surface area (Å²) in [7, 11) is 0. The summed E-state index contributed by atoms with van der Waals surface area (Å²) in [5.74, 6) is 1.04. The number of nitrogens with one attached hydrogen (secondary N) is 1. The smallest absolute Gasteiger partial charge is 0.000516 e. The van der Waals surface area contributed by atoms with Crippen molar-refractivity contribution in [1.29, 1.82) is 0 Å². The van der Waals surface area contributed by atoms with E-state index in [1.54, 1.807) is 0 Å². The summed E-state index contributed by atoms with van der Waals surface area (Å²) < 4.78 is 0. The first kappa shape index (κ1) is 12.4. The number of hydrogen-bond donors (Lipinski definition) is 1. The lowest BCUT2D eigenvalue weighted by atomic mass is 9.86. The van der Waals surface area contributed by atoms with Gasteiger partial charge in [0.05, 0.1) is 0 Å². The fourth-order valence-electron chi connectivity index (χ4n) is 3.58. The van der Waals surface area contributed by atoms with Crippen LogP contribution in [0.1, 0.15) is 71.1 Å². The molecule has 0 bridgehead atoms. The first-order valence-electron chi connectivity index (χ1n) is 7.49. The molecule has 2 fully saturated rings. The predicted octanol–water partition coefficient (Wildman–Crippen LogP) is 4.13. The third kappa shape index (κ3) is 3.76. The van der Waals surface area contributed by atoms with Gasteiger partial charge < -0.3 is 5.32 Å². The SMILES string of the molecule is CC1(CNCCC2CCCCC2)CCCC1. The second-order valence-corrected chi connectivity index (χ2v) is 6.49. The van der Waals surface area contributed by atoms with Crippen LogP contribution in [0.4, 0.5) is 0 Å². The maximum absolute atomic E-state index is 3.72. The zero-order valence-corrected chi connectivity index (χ0v) is 11.1. The molecule has 0 aromatic carbocycles. The molecular formula is C15H29N. The van der Waals surface area contributed by atoms with E-state index in [1.807, 2.05) is 0 Å². The molecule has 0 amide bonds. The van der Waals surface area contributed by atoms with Crippen LogP contribution in [0.15, 0.2) is 0 Å². The Bertz CT molecular complexity index is 188. The fraction of sp³-hybridized carbons (Fsp3) is 1.00. The van der Waals surface area contributed by atoms with Gasteiger partial charge >= 0.3 is 0 Å². The topological polar surface area (TPSA) is 12.0 Å². The van der Waals surface area contributed by atoms with E-state index in [-0.39, 0.29) is 0 Å². The molecule has 1 N–H and O–H groups in total. The zero-order valence-electron chi connectivity index (χ0n) is 11.1. The minimum absolute atomic E-state index is 0.632. The summed E-state index contributed by atoms with van der Waals surface area (Å²) in [6, 6.07) is 0. The summed E-state index contributed by atoms with van der Waals surface area (Å²) in [5, 5.41) is 3.72. The Morgan fingerprint density at radius 3 is 2.38 bits per heavy atom. The molecule has 0 heterocycles. The van der Waals surface area contributed by atoms with Crippen molar-refractivity contribution in [3.8, 4) is 0 Å². The van der Waals surface area contributed by atoms with Crippen LogP contribution in [0.3, 0.4) is 0 Å². The molecule has 0 aromatic rings. The second-order valence-electron chi connectivity index (χ2n) is 6.49. The quantitative estimate of drug-likeness (QED) is 0.691. The molecule has 1 heteroatoms. The van der Waals surface area contributed by atoms with E-state index in [0.29, 0.717) is 5.41 Å². The van der Waals surface area contributed by atoms with Crippen molar-refractivity contribution >= 4 is 0 Å². The largest absolute Gasteiger partial charge is 0.316 e. The van der Waals surface area contributed by atoms with Crippen LogP contribution in [0.5, 0.6) is 0 Å². The highest BCUT2D eigenvalue weighted by atomic mass is 14.9. The Hall–Kier alpha value is -0.0400. The lowest BCUT2D eigenvalue weighted by Gasteiger charge is -2.25. The van der Waals surface area contributed by atoms with Gasteiger partial charge in [0.15, 0.2) is 0 Å². The van der Waals surface area contributed by atoms with Crippen LogP contribution < -0.4 is 5.32 Å². The van der Waals surface area contributed by atoms with Crippen LogP contribution >= 0.6 is 0 Å². The molecule has 0 atom stereocenters. The van der Waals surface area contributed by atoms with Crippen molar-refractivity contribution in [3.05, 3.63) is 0 Å². The van der Waals surface area contributed by atoms with Gasteiger partial charge in [0.25, 0.3) is 0 Å². The van der Waals surface area contributed by atoms with Gasteiger partial charge in [-0.3, -0.25) is 0 Å². The monoisotopic (exact) mass is 223 g/mol. The third-order valence-electron chi connectivity index (χ3n) is 4.82. The lowest BCUT2D eigenvalue weighted by Crippen LogP contribution is -2.31. The molecule has 2 aliphatic carbocycles. The van der Waals surface area contributed by atoms with Crippen LogP contribution in [-0.2, 0) is 0 Å². The molecule has 2 rings (SSSR count). The van der Waals surface area contributed by atoms with Crippen molar-refractivity contribution in [3.63, 3.8) is 0 Å². The van der Waals surface area contributed by atoms with Crippen LogP contribution in [-0.4, -0.2) is 13.1 Å². The van der Waals surface area contributed by atoms with Crippen LogP contribution in [0, 0.1) is 11.3 Å². The van der Waals surface area contributed by atoms with E-state index in [9.17, 15) is 0 Å². The summed E-state index contributed by atoms with van der Waals surface area (Å²) in [6.45, 7) is 4.99. The Morgan fingerprint density at radius 2 is 1.69 bits per heavy atom. The Labute approximate surface area is 101 Å². The fourth-order valence-corrected chi connectivity index (χ4v) is 3.58. The molecule has 0 saturated heterocycles. The minimum atomic E-state index is 0.632. The molecule has 0 spiro atoms. The van der Waals surface area contributed by atoms with E-state index in [0.717, 1.165) is 5.92 Å². The van der Waals surface area contributed by atoms with E-state index in [4.69, 9.17) is 0 Å². The van der Waals surface area contributed by atoms with Gasteiger partial charge in [-0.05, 0) is 37.1 Å². The first-order chi connectivity index (χ1) is 7.79. The van der Waals surface area contributed by atoms with Gasteiger partial charge in [-0.15, -0.1) is 0 Å². The van der Waals surface area contributed by atoms with Crippen LogP contribution in [0.2, 0.25) is 0 Å². The molecule has 2 saturated carbocycles. The predicted molar refractivity (Wildman–Crippen MR) is 70.6 cm³/mol. The van der Waals surface area contributed by atoms with Gasteiger partial charge in [-0.2, -0.15) is 0 Å². The maximum Gasteiger partial charge on any atom is 0.000516 e. The molecule has 1 nitrogen and oxygen atoms in total. The standard InChI is InChI=1S/C15H29N/c1-15(10-5-6-11-15)13-16-12-9-14-7-3-2-4-8-14/h14,16H,2-13H2,1H3. The van der Waals surface area contributed by atoms with Crippen molar-refractivity contribution in [1.82, 2.24) is 5.32 Å². The first-order valence-corrected chi connectivity index (χ1v) is 7.49. The van der Waals surface area contributed by atoms with Gasteiger partial charge in [0.1, 0.15) is 0 Å². The highest BCUT2D eigenvalue weighted by Gasteiger charge is 2.27. The van der Waals surface area contributed by atoms with Crippen molar-refractivity contribution in [2.45, 2.75) is 71.1 Å². The second kappa shape index (κ2) is 6.05. The molecule has 2 aliphatic rings. The zero-order chi connectivity index (χ0) is 11.3. The van der Waals surface area contributed by atoms with Crippen LogP contribution in [0.25, 0.3) is 0 Å². The number of rotatable bonds is 5. The summed E-state index contributed by atoms with van der Waals surface area (Å²) in [6.07, 6.45) is 14.7. The normalized spacial score (nSPS) is 26.1. The number of hydrogen-bond acceptors (Lipinski definition) is 1. The average Bonchev–Trinajstić information content (AvgIpc) is 2.74. The molecular weight excluding hydrogens is 194 g/mol. The van der Waals surface area contributed by atoms with Crippen molar-refractivity contribution < 1.29 is 0 Å². The molecule has 0 radical (unpaired) electrons. The summed E-state index contributed by atoms with van der Waals surface area (Å²) in [5.41, 5.74) is 0.632. The molecule has 16 heavy (non-hydrogen) atoms. The van der Waals surface area contributed by atoms with Gasteiger partial charge in [-0.25, -0.2) is 0 Å². The van der Waals surface area contributed by atoms with E-state index in [1.165, 1.54) is 77.3 Å². The molecule has 0 unspecified atom stereocenters. The lowest BCUT2D eigenvalue weighted by molar-refractivity contribution is 0.294. The Morgan fingerprint density at radius 1 is 1.00 bits per heavy atom. The summed E-state index contributed by atoms with van der Waals surface area (Å²) >= 11 is 0. The highest BCUT2D eigenvalue weighted by molar-refractivity contribution is 4.82.